The van der Waals surface area contributed by atoms with Crippen LogP contribution in [-0.4, -0.2) is 0 Å². The van der Waals surface area contributed by atoms with Gasteiger partial charge in [-0.1, -0.05) is 64.8 Å². The van der Waals surface area contributed by atoms with E-state index in [1.807, 2.05) is 60.9 Å². The van der Waals surface area contributed by atoms with Crippen LogP contribution >= 0.6 is 0 Å². The van der Waals surface area contributed by atoms with E-state index in [1.165, 1.54) is 22.3 Å². The summed E-state index contributed by atoms with van der Waals surface area (Å²) in [5, 5.41) is 22.9. The summed E-state index contributed by atoms with van der Waals surface area (Å²) in [4.78, 5) is 0. The Kier molecular flexibility index (Phi) is 9.51. The highest BCUT2D eigenvalue weighted by Crippen LogP contribution is 2.38. The fourth-order valence-electron chi connectivity index (χ4n) is 4.83. The third kappa shape index (κ3) is 7.18. The first-order valence-electron chi connectivity index (χ1n) is 14.0. The van der Waals surface area contributed by atoms with Crippen molar-refractivity contribution in [3.05, 3.63) is 107 Å². The summed E-state index contributed by atoms with van der Waals surface area (Å²) in [5.41, 5.74) is 6.00. The number of hydrogen-bond acceptors (Lipinski definition) is 6. The molecule has 0 fully saturated rings. The van der Waals surface area contributed by atoms with Gasteiger partial charge in [0, 0.05) is 16.8 Å². The van der Waals surface area contributed by atoms with Gasteiger partial charge in [-0.05, 0) is 95.8 Å². The zero-order valence-corrected chi connectivity index (χ0v) is 24.1. The predicted octanol–water partition coefficient (Wildman–Crippen LogP) is 9.29. The standard InChI is InChI=1S/C35H36N4O2/c1-5-7-25-21-27(9-19-33(25)40-31-15-11-29(12-16-31)38-23-36)35(3,4)28-10-20-34(26(22-28)8-6-2)41-32-17-13-30(14-18-32)39-24-37/h9-22,38-39H,5-8H2,1-4H3. The van der Waals surface area contributed by atoms with E-state index in [1.54, 1.807) is 0 Å². The lowest BCUT2D eigenvalue weighted by Crippen LogP contribution is -2.19. The second kappa shape index (κ2) is 13.4. The van der Waals surface area contributed by atoms with Crippen LogP contribution in [0.15, 0.2) is 84.9 Å². The zero-order valence-electron chi connectivity index (χ0n) is 24.1. The van der Waals surface area contributed by atoms with Crippen molar-refractivity contribution in [3.63, 3.8) is 0 Å². The molecule has 0 aliphatic rings. The molecule has 0 atom stereocenters. The number of benzene rings is 4. The lowest BCUT2D eigenvalue weighted by molar-refractivity contribution is 0.473. The molecule has 4 aromatic rings. The Morgan fingerprint density at radius 3 is 1.34 bits per heavy atom. The molecule has 208 valence electrons. The highest BCUT2D eigenvalue weighted by Gasteiger charge is 2.25. The largest absolute Gasteiger partial charge is 0.457 e. The van der Waals surface area contributed by atoms with Gasteiger partial charge < -0.3 is 9.47 Å². The second-order valence-electron chi connectivity index (χ2n) is 10.5. The lowest BCUT2D eigenvalue weighted by Gasteiger charge is -2.28. The van der Waals surface area contributed by atoms with Gasteiger partial charge in [0.15, 0.2) is 12.4 Å². The summed E-state index contributed by atoms with van der Waals surface area (Å²) in [7, 11) is 0. The van der Waals surface area contributed by atoms with Crippen LogP contribution in [0.3, 0.4) is 0 Å². The van der Waals surface area contributed by atoms with E-state index in [9.17, 15) is 0 Å². The van der Waals surface area contributed by atoms with Crippen molar-refractivity contribution in [3.8, 4) is 35.4 Å². The molecule has 0 aliphatic carbocycles. The number of anilines is 2. The number of rotatable bonds is 12. The van der Waals surface area contributed by atoms with Crippen LogP contribution in [0.5, 0.6) is 23.0 Å². The fourth-order valence-corrected chi connectivity index (χ4v) is 4.83. The molecular formula is C35H36N4O2. The van der Waals surface area contributed by atoms with Gasteiger partial charge in [-0.15, -0.1) is 0 Å². The van der Waals surface area contributed by atoms with Gasteiger partial charge >= 0.3 is 0 Å². The zero-order chi connectivity index (χ0) is 29.2. The van der Waals surface area contributed by atoms with Crippen molar-refractivity contribution in [1.29, 1.82) is 10.5 Å². The molecule has 4 rings (SSSR count). The van der Waals surface area contributed by atoms with Crippen molar-refractivity contribution < 1.29 is 9.47 Å². The molecule has 6 heteroatoms. The van der Waals surface area contributed by atoms with E-state index >= 15 is 0 Å². The Balaban J connectivity index is 1.60. The molecule has 41 heavy (non-hydrogen) atoms. The molecule has 0 heterocycles. The highest BCUT2D eigenvalue weighted by molar-refractivity contribution is 5.53. The molecule has 6 nitrogen and oxygen atoms in total. The summed E-state index contributed by atoms with van der Waals surface area (Å²) in [6.45, 7) is 8.86. The van der Waals surface area contributed by atoms with Crippen LogP contribution in [0.1, 0.15) is 62.8 Å². The summed E-state index contributed by atoms with van der Waals surface area (Å²) < 4.78 is 12.5. The van der Waals surface area contributed by atoms with Gasteiger partial charge in [0.25, 0.3) is 0 Å². The van der Waals surface area contributed by atoms with Crippen LogP contribution in [0, 0.1) is 22.9 Å². The fraction of sp³-hybridized carbons (Fsp3) is 0.257. The minimum atomic E-state index is -0.239. The number of aryl methyl sites for hydroxylation is 2. The van der Waals surface area contributed by atoms with Crippen molar-refractivity contribution >= 4 is 11.4 Å². The number of hydrogen-bond donors (Lipinski definition) is 2. The molecule has 0 amide bonds. The number of nitriles is 2. The van der Waals surface area contributed by atoms with Gasteiger partial charge in [0.2, 0.25) is 0 Å². The molecule has 0 aliphatic heterocycles. The van der Waals surface area contributed by atoms with Gasteiger partial charge in [0.05, 0.1) is 0 Å². The van der Waals surface area contributed by atoms with Crippen LogP contribution < -0.4 is 20.1 Å². The minimum absolute atomic E-state index is 0.239. The average molecular weight is 545 g/mol. The summed E-state index contributed by atoms with van der Waals surface area (Å²) in [6.07, 6.45) is 7.69. The lowest BCUT2D eigenvalue weighted by atomic mass is 9.76. The molecule has 2 N–H and O–H groups in total. The third-order valence-electron chi connectivity index (χ3n) is 7.17. The Hall–Kier alpha value is -4.94. The molecular weight excluding hydrogens is 508 g/mol. The summed E-state index contributed by atoms with van der Waals surface area (Å²) in [5.74, 6) is 3.15. The van der Waals surface area contributed by atoms with Crippen LogP contribution in [-0.2, 0) is 18.3 Å². The first-order valence-corrected chi connectivity index (χ1v) is 14.0. The smallest absolute Gasteiger partial charge is 0.181 e. The van der Waals surface area contributed by atoms with Gasteiger partial charge in [0.1, 0.15) is 23.0 Å². The third-order valence-corrected chi connectivity index (χ3v) is 7.17. The Bertz CT molecular complexity index is 1430. The maximum absolute atomic E-state index is 8.82. The van der Waals surface area contributed by atoms with Crippen molar-refractivity contribution in [2.45, 2.75) is 58.8 Å². The number of ether oxygens (including phenoxy) is 2. The van der Waals surface area contributed by atoms with Crippen LogP contribution in [0.4, 0.5) is 11.4 Å². The molecule has 0 unspecified atom stereocenters. The van der Waals surface area contributed by atoms with Crippen molar-refractivity contribution in [2.75, 3.05) is 10.6 Å². The molecule has 0 aromatic heterocycles. The first-order chi connectivity index (χ1) is 19.9. The Labute approximate surface area is 243 Å². The summed E-state index contributed by atoms with van der Waals surface area (Å²) >= 11 is 0. The molecule has 0 radical (unpaired) electrons. The number of nitrogens with one attached hydrogen (secondary N) is 2. The molecule has 4 aromatic carbocycles. The van der Waals surface area contributed by atoms with Gasteiger partial charge in [-0.2, -0.15) is 10.5 Å². The van der Waals surface area contributed by atoms with E-state index in [4.69, 9.17) is 20.0 Å². The molecule has 0 saturated carbocycles. The number of nitrogens with zero attached hydrogens (tertiary/aromatic N) is 2. The minimum Gasteiger partial charge on any atom is -0.457 e. The highest BCUT2D eigenvalue weighted by atomic mass is 16.5. The van der Waals surface area contributed by atoms with Crippen molar-refractivity contribution in [2.24, 2.45) is 0 Å². The Morgan fingerprint density at radius 2 is 1.00 bits per heavy atom. The van der Waals surface area contributed by atoms with E-state index < -0.39 is 0 Å². The van der Waals surface area contributed by atoms with E-state index in [2.05, 4.69) is 74.7 Å². The van der Waals surface area contributed by atoms with Gasteiger partial charge in [-0.25, -0.2) is 0 Å². The predicted molar refractivity (Wildman–Crippen MR) is 165 cm³/mol. The molecule has 0 spiro atoms. The average Bonchev–Trinajstić information content (AvgIpc) is 2.97. The van der Waals surface area contributed by atoms with Crippen LogP contribution in [0.25, 0.3) is 0 Å². The van der Waals surface area contributed by atoms with Crippen molar-refractivity contribution in [1.82, 2.24) is 0 Å². The first kappa shape index (κ1) is 29.1. The topological polar surface area (TPSA) is 90.1 Å². The maximum atomic E-state index is 8.82. The van der Waals surface area contributed by atoms with E-state index in [-0.39, 0.29) is 5.41 Å². The monoisotopic (exact) mass is 544 g/mol. The SMILES string of the molecule is CCCc1cc(C(C)(C)c2ccc(Oc3ccc(NC#N)cc3)c(CCC)c2)ccc1Oc1ccc(NC#N)cc1. The van der Waals surface area contributed by atoms with Gasteiger partial charge in [-0.3, -0.25) is 10.6 Å². The summed E-state index contributed by atoms with van der Waals surface area (Å²) in [6, 6.07) is 27.8. The second-order valence-corrected chi connectivity index (χ2v) is 10.5. The molecule has 0 saturated heterocycles. The quantitative estimate of drug-likeness (QED) is 0.136. The normalized spacial score (nSPS) is 10.8. The maximum Gasteiger partial charge on any atom is 0.181 e. The van der Waals surface area contributed by atoms with Crippen LogP contribution in [0.2, 0.25) is 0 Å². The van der Waals surface area contributed by atoms with E-state index in [0.717, 1.165) is 60.1 Å². The van der Waals surface area contributed by atoms with E-state index in [0.29, 0.717) is 0 Å². The molecule has 0 bridgehead atoms. The Morgan fingerprint density at radius 1 is 0.610 bits per heavy atom.